The van der Waals surface area contributed by atoms with Gasteiger partial charge in [0.25, 0.3) is 0 Å². The van der Waals surface area contributed by atoms with Gasteiger partial charge in [-0.25, -0.2) is 0 Å². The second-order valence-electron chi connectivity index (χ2n) is 10.4. The monoisotopic (exact) mass is 541 g/mol. The smallest absolute Gasteiger partial charge is 0.248 e. The molecule has 3 fully saturated rings. The molecule has 2 aromatic rings. The van der Waals surface area contributed by atoms with Crippen LogP contribution in [0.3, 0.4) is 0 Å². The van der Waals surface area contributed by atoms with Crippen LogP contribution in [-0.4, -0.2) is 56.4 Å². The zero-order chi connectivity index (χ0) is 26.4. The van der Waals surface area contributed by atoms with Crippen molar-refractivity contribution >= 4 is 46.8 Å². The van der Waals surface area contributed by atoms with Gasteiger partial charge in [0.15, 0.2) is 0 Å². The van der Waals surface area contributed by atoms with Gasteiger partial charge in [-0.15, -0.1) is 11.8 Å². The second-order valence-corrected chi connectivity index (χ2v) is 12.7. The van der Waals surface area contributed by atoms with Crippen molar-refractivity contribution in [1.82, 2.24) is 10.2 Å². The Morgan fingerprint density at radius 1 is 1.14 bits per heavy atom. The van der Waals surface area contributed by atoms with Gasteiger partial charge in [0, 0.05) is 22.0 Å². The minimum absolute atomic E-state index is 0.129. The standard InChI is InChI=1S/C28H32ClN3O4S/c1-3-15-30-24(34)21-22-26(36)32(20(16-33)17-7-5-4-6-8-17)23(28(22)14-13-27(21,2)37-28)25(35)31-19-11-9-18(29)10-12-19/h4-12,20-23,33H,3,13-16H2,1-2H3,(H,30,34)(H,31,35)/t20-,21-,22+,23?,27+,28?/m1/s1. The van der Waals surface area contributed by atoms with E-state index in [0.29, 0.717) is 23.7 Å². The summed E-state index contributed by atoms with van der Waals surface area (Å²) in [4.78, 5) is 43.4. The van der Waals surface area contributed by atoms with Gasteiger partial charge in [-0.3, -0.25) is 14.4 Å². The van der Waals surface area contributed by atoms with E-state index in [4.69, 9.17) is 11.6 Å². The maximum atomic E-state index is 14.3. The molecule has 37 heavy (non-hydrogen) atoms. The normalized spacial score (nSPS) is 30.8. The van der Waals surface area contributed by atoms with E-state index in [1.165, 1.54) is 0 Å². The first-order valence-electron chi connectivity index (χ1n) is 12.8. The van der Waals surface area contributed by atoms with Crippen LogP contribution in [-0.2, 0) is 14.4 Å². The molecule has 3 heterocycles. The summed E-state index contributed by atoms with van der Waals surface area (Å²) in [7, 11) is 0. The van der Waals surface area contributed by atoms with Crippen LogP contribution in [0.15, 0.2) is 54.6 Å². The molecule has 196 valence electrons. The third-order valence-corrected chi connectivity index (χ3v) is 10.3. The van der Waals surface area contributed by atoms with Crippen LogP contribution in [0.4, 0.5) is 5.69 Å². The molecular formula is C28H32ClN3O4S. The van der Waals surface area contributed by atoms with Crippen LogP contribution >= 0.6 is 23.4 Å². The zero-order valence-electron chi connectivity index (χ0n) is 20.9. The number of benzene rings is 2. The number of hydrogen-bond donors (Lipinski definition) is 3. The molecule has 0 aliphatic carbocycles. The average molecular weight is 542 g/mol. The fourth-order valence-electron chi connectivity index (χ4n) is 6.53. The Hall–Kier alpha value is -2.55. The summed E-state index contributed by atoms with van der Waals surface area (Å²) in [5.74, 6) is -1.88. The van der Waals surface area contributed by atoms with E-state index < -0.39 is 33.4 Å². The van der Waals surface area contributed by atoms with E-state index in [2.05, 4.69) is 10.6 Å². The summed E-state index contributed by atoms with van der Waals surface area (Å²) < 4.78 is -1.21. The third-order valence-electron chi connectivity index (χ3n) is 8.10. The van der Waals surface area contributed by atoms with Crippen molar-refractivity contribution in [3.8, 4) is 0 Å². The maximum absolute atomic E-state index is 14.3. The van der Waals surface area contributed by atoms with Crippen LogP contribution in [0.2, 0.25) is 5.02 Å². The van der Waals surface area contributed by atoms with Gasteiger partial charge in [-0.2, -0.15) is 0 Å². The number of halogens is 1. The number of aliphatic hydroxyl groups is 1. The Labute approximate surface area is 226 Å². The first-order chi connectivity index (χ1) is 17.8. The summed E-state index contributed by atoms with van der Waals surface area (Å²) in [6.07, 6.45) is 2.18. The number of nitrogens with one attached hydrogen (secondary N) is 2. The lowest BCUT2D eigenvalue weighted by atomic mass is 9.66. The first kappa shape index (κ1) is 26.1. The molecule has 3 aliphatic heterocycles. The molecule has 0 saturated carbocycles. The lowest BCUT2D eigenvalue weighted by Gasteiger charge is -2.37. The quantitative estimate of drug-likeness (QED) is 0.469. The van der Waals surface area contributed by atoms with Gasteiger partial charge in [0.1, 0.15) is 6.04 Å². The number of aliphatic hydroxyl groups excluding tert-OH is 1. The molecule has 9 heteroatoms. The molecule has 3 amide bonds. The minimum Gasteiger partial charge on any atom is -0.394 e. The molecule has 2 bridgehead atoms. The van der Waals surface area contributed by atoms with Crippen molar-refractivity contribution in [1.29, 1.82) is 0 Å². The second kappa shape index (κ2) is 9.97. The number of anilines is 1. The van der Waals surface area contributed by atoms with Gasteiger partial charge >= 0.3 is 0 Å². The third kappa shape index (κ3) is 4.23. The number of amides is 3. The molecule has 7 nitrogen and oxygen atoms in total. The lowest BCUT2D eigenvalue weighted by Crippen LogP contribution is -2.53. The van der Waals surface area contributed by atoms with E-state index >= 15 is 0 Å². The van der Waals surface area contributed by atoms with Crippen LogP contribution in [0, 0.1) is 11.8 Å². The summed E-state index contributed by atoms with van der Waals surface area (Å²) in [6.45, 7) is 4.24. The summed E-state index contributed by atoms with van der Waals surface area (Å²) in [5.41, 5.74) is 1.32. The first-order valence-corrected chi connectivity index (χ1v) is 14.0. The van der Waals surface area contributed by atoms with E-state index in [1.54, 1.807) is 40.9 Å². The topological polar surface area (TPSA) is 98.7 Å². The van der Waals surface area contributed by atoms with Gasteiger partial charge in [0.2, 0.25) is 17.7 Å². The fourth-order valence-corrected chi connectivity index (χ4v) is 9.00. The Bertz CT molecular complexity index is 1200. The molecule has 6 atom stereocenters. The van der Waals surface area contributed by atoms with Gasteiger partial charge < -0.3 is 20.6 Å². The molecule has 3 aliphatic rings. The van der Waals surface area contributed by atoms with Crippen LogP contribution in [0.1, 0.15) is 44.7 Å². The number of likely N-dealkylation sites (tertiary alicyclic amines) is 1. The highest BCUT2D eigenvalue weighted by molar-refractivity contribution is 8.02. The fraction of sp³-hybridized carbons (Fsp3) is 0.464. The number of nitrogens with zero attached hydrogens (tertiary/aromatic N) is 1. The lowest BCUT2D eigenvalue weighted by molar-refractivity contribution is -0.142. The highest BCUT2D eigenvalue weighted by atomic mass is 35.5. The zero-order valence-corrected chi connectivity index (χ0v) is 22.5. The highest BCUT2D eigenvalue weighted by Crippen LogP contribution is 2.72. The average Bonchev–Trinajstić information content (AvgIpc) is 3.46. The van der Waals surface area contributed by atoms with Gasteiger partial charge in [0.05, 0.1) is 29.2 Å². The van der Waals surface area contributed by atoms with Crippen molar-refractivity contribution in [2.45, 2.75) is 54.7 Å². The number of carbonyl (C=O) groups is 3. The number of fused-ring (bicyclic) bond motifs is 1. The molecule has 0 radical (unpaired) electrons. The molecule has 3 N–H and O–H groups in total. The number of hydrogen-bond acceptors (Lipinski definition) is 5. The minimum atomic E-state index is -0.853. The molecule has 2 unspecified atom stereocenters. The predicted octanol–water partition coefficient (Wildman–Crippen LogP) is 4.02. The van der Waals surface area contributed by atoms with E-state index in [9.17, 15) is 19.5 Å². The molecule has 0 aromatic heterocycles. The largest absolute Gasteiger partial charge is 0.394 e. The van der Waals surface area contributed by atoms with Crippen molar-refractivity contribution in [3.05, 3.63) is 65.2 Å². The van der Waals surface area contributed by atoms with Crippen molar-refractivity contribution in [2.75, 3.05) is 18.5 Å². The van der Waals surface area contributed by atoms with Crippen molar-refractivity contribution < 1.29 is 19.5 Å². The highest BCUT2D eigenvalue weighted by Gasteiger charge is 2.77. The molecule has 3 saturated heterocycles. The SMILES string of the molecule is CCCNC(=O)[C@H]1[C@H]2C(=O)N([C@H](CO)c3ccccc3)C(C(=O)Nc3ccc(Cl)cc3)C23CC[C@]1(C)S3. The van der Waals surface area contributed by atoms with Gasteiger partial charge in [-0.05, 0) is 56.0 Å². The molecular weight excluding hydrogens is 510 g/mol. The number of thioether (sulfide) groups is 1. The maximum Gasteiger partial charge on any atom is 0.248 e. The molecule has 1 spiro atoms. The number of rotatable bonds is 8. The Balaban J connectivity index is 1.59. The van der Waals surface area contributed by atoms with E-state index in [0.717, 1.165) is 18.4 Å². The summed E-state index contributed by atoms with van der Waals surface area (Å²) in [5, 5.41) is 17.1. The van der Waals surface area contributed by atoms with E-state index in [-0.39, 0.29) is 24.3 Å². The number of carbonyl (C=O) groups excluding carboxylic acids is 3. The van der Waals surface area contributed by atoms with Crippen LogP contribution < -0.4 is 10.6 Å². The van der Waals surface area contributed by atoms with Crippen LogP contribution in [0.5, 0.6) is 0 Å². The Morgan fingerprint density at radius 3 is 2.49 bits per heavy atom. The van der Waals surface area contributed by atoms with Crippen molar-refractivity contribution in [3.63, 3.8) is 0 Å². The van der Waals surface area contributed by atoms with Gasteiger partial charge in [-0.1, -0.05) is 48.9 Å². The molecule has 5 rings (SSSR count). The van der Waals surface area contributed by atoms with E-state index in [1.807, 2.05) is 44.2 Å². The Kier molecular flexibility index (Phi) is 7.02. The Morgan fingerprint density at radius 2 is 1.84 bits per heavy atom. The molecule has 2 aromatic carbocycles. The summed E-state index contributed by atoms with van der Waals surface area (Å²) in [6, 6.07) is 14.5. The predicted molar refractivity (Wildman–Crippen MR) is 145 cm³/mol. The van der Waals surface area contributed by atoms with Crippen LogP contribution in [0.25, 0.3) is 0 Å². The van der Waals surface area contributed by atoms with Crippen molar-refractivity contribution in [2.24, 2.45) is 11.8 Å². The summed E-state index contributed by atoms with van der Waals surface area (Å²) >= 11 is 7.65.